The summed E-state index contributed by atoms with van der Waals surface area (Å²) in [5, 5.41) is 5.18. The summed E-state index contributed by atoms with van der Waals surface area (Å²) in [5.41, 5.74) is 0.992. The Labute approximate surface area is 80.1 Å². The van der Waals surface area contributed by atoms with Crippen LogP contribution in [0.25, 0.3) is 10.2 Å². The summed E-state index contributed by atoms with van der Waals surface area (Å²) >= 11 is 1.64. The van der Waals surface area contributed by atoms with Gasteiger partial charge < -0.3 is 5.32 Å². The predicted molar refractivity (Wildman–Crippen MR) is 56.1 cm³/mol. The first-order valence-corrected chi connectivity index (χ1v) is 4.83. The van der Waals surface area contributed by atoms with Crippen molar-refractivity contribution in [1.29, 1.82) is 0 Å². The lowest BCUT2D eigenvalue weighted by atomic mass is 10.4. The number of thiophene rings is 1. The van der Waals surface area contributed by atoms with Crippen molar-refractivity contribution < 1.29 is 0 Å². The maximum atomic E-state index is 4.16. The Morgan fingerprint density at radius 2 is 2.46 bits per heavy atom. The number of hydrogen-bond donors (Lipinski definition) is 1. The van der Waals surface area contributed by atoms with Crippen LogP contribution in [-0.2, 0) is 0 Å². The van der Waals surface area contributed by atoms with Gasteiger partial charge in [0.25, 0.3) is 0 Å². The van der Waals surface area contributed by atoms with Crippen LogP contribution in [0.1, 0.15) is 0 Å². The molecule has 0 amide bonds. The van der Waals surface area contributed by atoms with Gasteiger partial charge in [0.05, 0.1) is 10.2 Å². The average Bonchev–Trinajstić information content (AvgIpc) is 2.62. The number of nitrogens with one attached hydrogen (secondary N) is 1. The van der Waals surface area contributed by atoms with Crippen molar-refractivity contribution in [2.75, 3.05) is 11.9 Å². The van der Waals surface area contributed by atoms with Crippen molar-refractivity contribution >= 4 is 27.4 Å². The molecule has 4 heteroatoms. The van der Waals surface area contributed by atoms with Crippen molar-refractivity contribution in [3.8, 4) is 0 Å². The van der Waals surface area contributed by atoms with E-state index in [9.17, 15) is 0 Å². The van der Waals surface area contributed by atoms with Crippen LogP contribution in [0.3, 0.4) is 0 Å². The molecule has 66 valence electrons. The molecule has 2 aromatic heterocycles. The molecule has 0 saturated heterocycles. The minimum absolute atomic E-state index is 0.726. The third-order valence-corrected chi connectivity index (χ3v) is 2.57. The molecular weight excluding hydrogens is 182 g/mol. The van der Waals surface area contributed by atoms with E-state index in [4.69, 9.17) is 0 Å². The SMILES string of the molecule is C=CCNc1ncnc2ccsc12. The van der Waals surface area contributed by atoms with Gasteiger partial charge in [-0.15, -0.1) is 17.9 Å². The van der Waals surface area contributed by atoms with Crippen LogP contribution in [-0.4, -0.2) is 16.5 Å². The minimum atomic E-state index is 0.726. The number of aromatic nitrogens is 2. The lowest BCUT2D eigenvalue weighted by Crippen LogP contribution is -2.00. The zero-order valence-corrected chi connectivity index (χ0v) is 7.84. The lowest BCUT2D eigenvalue weighted by Gasteiger charge is -2.01. The quantitative estimate of drug-likeness (QED) is 0.756. The minimum Gasteiger partial charge on any atom is -0.365 e. The molecule has 0 aliphatic rings. The molecule has 0 saturated carbocycles. The predicted octanol–water partition coefficient (Wildman–Crippen LogP) is 2.29. The van der Waals surface area contributed by atoms with Crippen LogP contribution >= 0.6 is 11.3 Å². The highest BCUT2D eigenvalue weighted by Gasteiger charge is 2.02. The third kappa shape index (κ3) is 1.53. The summed E-state index contributed by atoms with van der Waals surface area (Å²) in [4.78, 5) is 8.30. The van der Waals surface area contributed by atoms with Gasteiger partial charge in [-0.05, 0) is 11.4 Å². The Kier molecular flexibility index (Phi) is 2.23. The van der Waals surface area contributed by atoms with Crippen LogP contribution in [0.5, 0.6) is 0 Å². The van der Waals surface area contributed by atoms with Gasteiger partial charge in [0, 0.05) is 6.54 Å². The summed E-state index contributed by atoms with van der Waals surface area (Å²) < 4.78 is 1.10. The van der Waals surface area contributed by atoms with E-state index >= 15 is 0 Å². The highest BCUT2D eigenvalue weighted by atomic mass is 32.1. The number of rotatable bonds is 3. The molecule has 0 spiro atoms. The summed E-state index contributed by atoms with van der Waals surface area (Å²) in [6, 6.07) is 1.99. The van der Waals surface area contributed by atoms with Crippen molar-refractivity contribution in [3.05, 3.63) is 30.4 Å². The summed E-state index contributed by atoms with van der Waals surface area (Å²) in [5.74, 6) is 0.889. The molecule has 0 fully saturated rings. The first-order valence-electron chi connectivity index (χ1n) is 3.95. The van der Waals surface area contributed by atoms with E-state index in [1.165, 1.54) is 0 Å². The molecule has 0 radical (unpaired) electrons. The second-order valence-corrected chi connectivity index (χ2v) is 3.44. The highest BCUT2D eigenvalue weighted by Crippen LogP contribution is 2.24. The summed E-state index contributed by atoms with van der Waals surface area (Å²) in [6.45, 7) is 4.37. The zero-order valence-electron chi connectivity index (χ0n) is 7.03. The fourth-order valence-electron chi connectivity index (χ4n) is 1.08. The Balaban J connectivity index is 2.42. The largest absolute Gasteiger partial charge is 0.365 e. The molecule has 0 bridgehead atoms. The topological polar surface area (TPSA) is 37.8 Å². The normalized spacial score (nSPS) is 10.2. The second-order valence-electron chi connectivity index (χ2n) is 2.53. The molecule has 2 heterocycles. The lowest BCUT2D eigenvalue weighted by molar-refractivity contribution is 1.19. The summed E-state index contributed by atoms with van der Waals surface area (Å²) in [6.07, 6.45) is 3.38. The van der Waals surface area contributed by atoms with Crippen LogP contribution in [0.4, 0.5) is 5.82 Å². The number of anilines is 1. The number of hydrogen-bond acceptors (Lipinski definition) is 4. The van der Waals surface area contributed by atoms with Gasteiger partial charge >= 0.3 is 0 Å². The van der Waals surface area contributed by atoms with E-state index in [1.54, 1.807) is 17.7 Å². The molecule has 0 unspecified atom stereocenters. The Morgan fingerprint density at radius 1 is 1.54 bits per heavy atom. The molecule has 0 aromatic carbocycles. The monoisotopic (exact) mass is 191 g/mol. The van der Waals surface area contributed by atoms with Gasteiger partial charge in [0.1, 0.15) is 12.1 Å². The fourth-order valence-corrected chi connectivity index (χ4v) is 1.89. The first kappa shape index (κ1) is 8.19. The maximum absolute atomic E-state index is 4.16. The smallest absolute Gasteiger partial charge is 0.147 e. The third-order valence-electron chi connectivity index (χ3n) is 1.66. The molecule has 0 aliphatic heterocycles. The number of nitrogens with zero attached hydrogens (tertiary/aromatic N) is 2. The standard InChI is InChI=1S/C9H9N3S/c1-2-4-10-9-8-7(3-5-13-8)11-6-12-9/h2-3,5-6H,1,4H2,(H,10,11,12). The molecule has 0 aliphatic carbocycles. The molecule has 2 aromatic rings. The molecular formula is C9H9N3S. The molecule has 2 rings (SSSR count). The molecule has 0 atom stereocenters. The van der Waals surface area contributed by atoms with Crippen molar-refractivity contribution in [2.45, 2.75) is 0 Å². The van der Waals surface area contributed by atoms with Crippen molar-refractivity contribution in [2.24, 2.45) is 0 Å². The van der Waals surface area contributed by atoms with E-state index in [-0.39, 0.29) is 0 Å². The van der Waals surface area contributed by atoms with E-state index in [0.717, 1.165) is 22.6 Å². The molecule has 1 N–H and O–H groups in total. The van der Waals surface area contributed by atoms with Crippen molar-refractivity contribution in [1.82, 2.24) is 9.97 Å². The van der Waals surface area contributed by atoms with E-state index in [0.29, 0.717) is 0 Å². The van der Waals surface area contributed by atoms with Gasteiger partial charge in [-0.1, -0.05) is 6.08 Å². The Morgan fingerprint density at radius 3 is 3.31 bits per heavy atom. The van der Waals surface area contributed by atoms with E-state index in [1.807, 2.05) is 17.5 Å². The van der Waals surface area contributed by atoms with Crippen LogP contribution in [0.2, 0.25) is 0 Å². The van der Waals surface area contributed by atoms with Gasteiger partial charge in [0.15, 0.2) is 0 Å². The average molecular weight is 191 g/mol. The second kappa shape index (κ2) is 3.53. The van der Waals surface area contributed by atoms with Gasteiger partial charge in [0.2, 0.25) is 0 Å². The number of fused-ring (bicyclic) bond motifs is 1. The summed E-state index contributed by atoms with van der Waals surface area (Å²) in [7, 11) is 0. The maximum Gasteiger partial charge on any atom is 0.147 e. The Bertz CT molecular complexity index is 421. The van der Waals surface area contributed by atoms with Gasteiger partial charge in [-0.2, -0.15) is 0 Å². The van der Waals surface area contributed by atoms with Crippen LogP contribution in [0, 0.1) is 0 Å². The fraction of sp³-hybridized carbons (Fsp3) is 0.111. The van der Waals surface area contributed by atoms with E-state index in [2.05, 4.69) is 21.9 Å². The van der Waals surface area contributed by atoms with Crippen LogP contribution in [0.15, 0.2) is 30.4 Å². The zero-order chi connectivity index (χ0) is 9.10. The van der Waals surface area contributed by atoms with Gasteiger partial charge in [-0.25, -0.2) is 9.97 Å². The first-order chi connectivity index (χ1) is 6.42. The Hall–Kier alpha value is -1.42. The molecule has 13 heavy (non-hydrogen) atoms. The van der Waals surface area contributed by atoms with Crippen LogP contribution < -0.4 is 5.32 Å². The molecule has 3 nitrogen and oxygen atoms in total. The van der Waals surface area contributed by atoms with E-state index < -0.39 is 0 Å². The van der Waals surface area contributed by atoms with Crippen molar-refractivity contribution in [3.63, 3.8) is 0 Å². The highest BCUT2D eigenvalue weighted by molar-refractivity contribution is 7.17. The van der Waals surface area contributed by atoms with Gasteiger partial charge in [-0.3, -0.25) is 0 Å².